The second kappa shape index (κ2) is 4.68. The molecule has 0 radical (unpaired) electrons. The first-order chi connectivity index (χ1) is 7.15. The minimum absolute atomic E-state index is 0.0851. The molecule has 15 heavy (non-hydrogen) atoms. The SMILES string of the molecule is Cn1c(P(P)PP)nc2c(c1=O)C=CC2. The first-order valence-corrected chi connectivity index (χ1v) is 11.0. The molecule has 80 valence electrons. The van der Waals surface area contributed by atoms with Gasteiger partial charge in [-0.15, -0.1) is 8.93 Å². The second-order valence-corrected chi connectivity index (χ2v) is 12.3. The van der Waals surface area contributed by atoms with E-state index in [2.05, 4.69) is 22.8 Å². The van der Waals surface area contributed by atoms with Gasteiger partial charge in [-0.2, -0.15) is 0 Å². The van der Waals surface area contributed by atoms with Crippen molar-refractivity contribution < 1.29 is 0 Å². The Kier molecular flexibility index (Phi) is 3.69. The topological polar surface area (TPSA) is 34.9 Å². The van der Waals surface area contributed by atoms with Crippen molar-refractivity contribution >= 4 is 44.8 Å². The molecule has 4 atom stereocenters. The molecule has 0 aromatic carbocycles. The lowest BCUT2D eigenvalue weighted by molar-refractivity contribution is 0.848. The fraction of sp³-hybridized carbons (Fsp3) is 0.250. The van der Waals surface area contributed by atoms with E-state index >= 15 is 0 Å². The second-order valence-electron chi connectivity index (χ2n) is 3.24. The third-order valence-corrected chi connectivity index (χ3v) is 12.1. The molecule has 1 aliphatic carbocycles. The molecule has 0 aliphatic heterocycles. The van der Waals surface area contributed by atoms with E-state index < -0.39 is 0 Å². The summed E-state index contributed by atoms with van der Waals surface area (Å²) in [6.45, 7) is 0. The molecule has 2 rings (SSSR count). The number of hydrogen-bond acceptors (Lipinski definition) is 2. The maximum absolute atomic E-state index is 12.0. The summed E-state index contributed by atoms with van der Waals surface area (Å²) in [6.07, 6.45) is 4.67. The summed E-state index contributed by atoms with van der Waals surface area (Å²) in [6, 6.07) is 0. The van der Waals surface area contributed by atoms with Gasteiger partial charge in [-0.25, -0.2) is 4.98 Å². The van der Waals surface area contributed by atoms with E-state index in [1.807, 2.05) is 12.2 Å². The molecule has 0 fully saturated rings. The van der Waals surface area contributed by atoms with E-state index in [0.717, 1.165) is 31.2 Å². The number of allylic oxidation sites excluding steroid dienone is 1. The highest BCUT2D eigenvalue weighted by atomic mass is 32.6. The maximum atomic E-state index is 12.0. The smallest absolute Gasteiger partial charge is 0.261 e. The maximum Gasteiger partial charge on any atom is 0.261 e. The van der Waals surface area contributed by atoms with Crippen LogP contribution in [-0.2, 0) is 13.5 Å². The minimum atomic E-state index is -0.386. The number of fused-ring (bicyclic) bond motifs is 1. The molecular formula is C8H12N2OP4. The third-order valence-electron chi connectivity index (χ3n) is 2.33. The Morgan fingerprint density at radius 3 is 3.07 bits per heavy atom. The van der Waals surface area contributed by atoms with Crippen molar-refractivity contribution in [2.24, 2.45) is 7.05 Å². The summed E-state index contributed by atoms with van der Waals surface area (Å²) in [5.74, 6) is 0. The van der Waals surface area contributed by atoms with Crippen molar-refractivity contribution in [1.82, 2.24) is 9.55 Å². The molecule has 0 saturated heterocycles. The number of hydrogen-bond donors (Lipinski definition) is 0. The molecule has 1 aromatic heterocycles. The van der Waals surface area contributed by atoms with E-state index in [0.29, 0.717) is 0 Å². The quantitative estimate of drug-likeness (QED) is 0.769. The molecule has 0 saturated carbocycles. The molecule has 7 heteroatoms. The summed E-state index contributed by atoms with van der Waals surface area (Å²) in [5, 5.41) is 0. The van der Waals surface area contributed by atoms with Gasteiger partial charge in [-0.3, -0.25) is 9.36 Å². The van der Waals surface area contributed by atoms with Gasteiger partial charge in [0.05, 0.1) is 11.3 Å². The lowest BCUT2D eigenvalue weighted by atomic mass is 10.3. The van der Waals surface area contributed by atoms with Gasteiger partial charge in [-0.05, 0) is 0 Å². The van der Waals surface area contributed by atoms with Gasteiger partial charge in [0.15, 0.2) is 0 Å². The summed E-state index contributed by atoms with van der Waals surface area (Å²) < 4.78 is 1.68. The van der Waals surface area contributed by atoms with Crippen LogP contribution in [-0.4, -0.2) is 9.55 Å². The molecule has 1 heterocycles. The normalized spacial score (nSPS) is 16.2. The van der Waals surface area contributed by atoms with Crippen LogP contribution in [0.5, 0.6) is 0 Å². The van der Waals surface area contributed by atoms with E-state index in [1.165, 1.54) is 0 Å². The number of aromatic nitrogens is 2. The van der Waals surface area contributed by atoms with Crippen LogP contribution >= 0.6 is 33.1 Å². The monoisotopic (exact) mass is 276 g/mol. The predicted octanol–water partition coefficient (Wildman–Crippen LogP) is 1.63. The zero-order valence-electron chi connectivity index (χ0n) is 8.27. The Morgan fingerprint density at radius 1 is 1.67 bits per heavy atom. The van der Waals surface area contributed by atoms with E-state index in [4.69, 9.17) is 0 Å². The van der Waals surface area contributed by atoms with E-state index in [1.54, 1.807) is 11.6 Å². The first kappa shape index (κ1) is 11.8. The fourth-order valence-electron chi connectivity index (χ4n) is 1.54. The number of rotatable bonds is 2. The molecule has 0 bridgehead atoms. The first-order valence-electron chi connectivity index (χ1n) is 4.42. The molecule has 1 aliphatic rings. The lowest BCUT2D eigenvalue weighted by Gasteiger charge is -2.14. The molecular weight excluding hydrogens is 264 g/mol. The van der Waals surface area contributed by atoms with Crippen LogP contribution in [0.25, 0.3) is 6.08 Å². The molecule has 0 spiro atoms. The van der Waals surface area contributed by atoms with Gasteiger partial charge in [0, 0.05) is 20.8 Å². The summed E-state index contributed by atoms with van der Waals surface area (Å²) >= 11 is 0. The van der Waals surface area contributed by atoms with Crippen LogP contribution in [0.4, 0.5) is 0 Å². The Morgan fingerprint density at radius 2 is 2.40 bits per heavy atom. The Labute approximate surface area is 95.8 Å². The minimum Gasteiger partial charge on any atom is -0.295 e. The standard InChI is InChI=1S/C8H12N2OP4/c1-10-7(11)5-3-2-4-6(5)9-8(10)15(13)14-12/h2-3,14H,4,12-13H2,1H3. The average molecular weight is 276 g/mol. The van der Waals surface area contributed by atoms with Crippen LogP contribution < -0.4 is 11.1 Å². The predicted molar refractivity (Wildman–Crippen MR) is 76.5 cm³/mol. The molecule has 4 unspecified atom stereocenters. The molecule has 0 amide bonds. The molecule has 0 N–H and O–H groups in total. The van der Waals surface area contributed by atoms with Gasteiger partial charge in [0.1, 0.15) is 5.57 Å². The van der Waals surface area contributed by atoms with Crippen LogP contribution in [0.2, 0.25) is 0 Å². The Balaban J connectivity index is 2.62. The third kappa shape index (κ3) is 2.09. The Bertz CT molecular complexity index is 482. The van der Waals surface area contributed by atoms with Gasteiger partial charge >= 0.3 is 0 Å². The highest BCUT2D eigenvalue weighted by Crippen LogP contribution is 2.64. The Hall–Kier alpha value is 0.340. The van der Waals surface area contributed by atoms with E-state index in [-0.39, 0.29) is 12.9 Å². The summed E-state index contributed by atoms with van der Waals surface area (Å²) in [7, 11) is 7.67. The van der Waals surface area contributed by atoms with E-state index in [9.17, 15) is 4.79 Å². The zero-order chi connectivity index (χ0) is 11.0. The molecule has 3 nitrogen and oxygen atoms in total. The van der Waals surface area contributed by atoms with Gasteiger partial charge in [0.2, 0.25) is 0 Å². The fourth-order valence-corrected chi connectivity index (χ4v) is 4.97. The zero-order valence-corrected chi connectivity index (χ0v) is 12.5. The van der Waals surface area contributed by atoms with Gasteiger partial charge in [-0.1, -0.05) is 29.0 Å². The largest absolute Gasteiger partial charge is 0.295 e. The molecule has 1 aromatic rings. The van der Waals surface area contributed by atoms with Gasteiger partial charge in [0.25, 0.3) is 5.56 Å². The van der Waals surface area contributed by atoms with Crippen LogP contribution in [0.15, 0.2) is 10.9 Å². The number of nitrogens with zero attached hydrogens (tertiary/aromatic N) is 2. The van der Waals surface area contributed by atoms with Gasteiger partial charge < -0.3 is 0 Å². The van der Waals surface area contributed by atoms with Crippen LogP contribution in [0.3, 0.4) is 0 Å². The van der Waals surface area contributed by atoms with Crippen LogP contribution in [0.1, 0.15) is 11.3 Å². The summed E-state index contributed by atoms with van der Waals surface area (Å²) in [4.78, 5) is 16.6. The summed E-state index contributed by atoms with van der Waals surface area (Å²) in [5.41, 5.74) is 2.71. The lowest BCUT2D eigenvalue weighted by Crippen LogP contribution is -2.33. The van der Waals surface area contributed by atoms with Crippen molar-refractivity contribution in [2.75, 3.05) is 0 Å². The van der Waals surface area contributed by atoms with Crippen molar-refractivity contribution in [2.45, 2.75) is 6.42 Å². The van der Waals surface area contributed by atoms with Crippen LogP contribution in [0, 0.1) is 0 Å². The van der Waals surface area contributed by atoms with Crippen molar-refractivity contribution in [3.8, 4) is 0 Å². The van der Waals surface area contributed by atoms with Crippen molar-refractivity contribution in [1.29, 1.82) is 0 Å². The van der Waals surface area contributed by atoms with Crippen molar-refractivity contribution in [3.63, 3.8) is 0 Å². The van der Waals surface area contributed by atoms with Crippen molar-refractivity contribution in [3.05, 3.63) is 27.7 Å². The average Bonchev–Trinajstić information content (AvgIpc) is 2.70. The highest BCUT2D eigenvalue weighted by Gasteiger charge is 2.17. The highest BCUT2D eigenvalue weighted by molar-refractivity contribution is 8.63.